The van der Waals surface area contributed by atoms with Crippen molar-refractivity contribution in [3.63, 3.8) is 0 Å². The van der Waals surface area contributed by atoms with Crippen LogP contribution in [0.3, 0.4) is 0 Å². The lowest BCUT2D eigenvalue weighted by atomic mass is 10.0. The lowest BCUT2D eigenvalue weighted by Crippen LogP contribution is -2.43. The van der Waals surface area contributed by atoms with Crippen molar-refractivity contribution in [2.45, 2.75) is 79.4 Å². The molecule has 0 amide bonds. The summed E-state index contributed by atoms with van der Waals surface area (Å²) in [6.45, 7) is 6.64. The highest BCUT2D eigenvalue weighted by Gasteiger charge is 2.33. The number of nitrogens with zero attached hydrogens (tertiary/aromatic N) is 4. The second-order valence-electron chi connectivity index (χ2n) is 20.6. The van der Waals surface area contributed by atoms with Crippen molar-refractivity contribution in [3.8, 4) is 0 Å². The van der Waals surface area contributed by atoms with Crippen LogP contribution in [0, 0.1) is 33.6 Å². The molecule has 8 aromatic carbocycles. The molecular formula is C63H66N4O9S4. The van der Waals surface area contributed by atoms with Gasteiger partial charge in [0.15, 0.2) is 0 Å². The van der Waals surface area contributed by atoms with E-state index in [9.17, 15) is 38.8 Å². The summed E-state index contributed by atoms with van der Waals surface area (Å²) in [7, 11) is -16.6. The van der Waals surface area contributed by atoms with Gasteiger partial charge < -0.3 is 5.11 Å². The van der Waals surface area contributed by atoms with Crippen LogP contribution < -0.4 is 17.2 Å². The number of hydrogen-bond acceptors (Lipinski definition) is 9. The van der Waals surface area contributed by atoms with E-state index in [-0.39, 0.29) is 45.8 Å². The molecule has 0 saturated carbocycles. The Kier molecular flexibility index (Phi) is 17.4. The van der Waals surface area contributed by atoms with E-state index in [1.54, 1.807) is 121 Å². The molecule has 0 spiro atoms. The van der Waals surface area contributed by atoms with E-state index < -0.39 is 52.6 Å². The summed E-state index contributed by atoms with van der Waals surface area (Å²) in [6.07, 6.45) is 2.21. The molecule has 8 bridgehead atoms. The summed E-state index contributed by atoms with van der Waals surface area (Å²) in [6, 6.07) is 55.0. The summed E-state index contributed by atoms with van der Waals surface area (Å²) in [5.74, 6) is -0.934. The molecule has 0 unspecified atom stereocenters. The molecule has 1 N–H and O–H groups in total. The fraction of sp³-hybridized carbons (Fsp3) is 0.238. The predicted octanol–water partition coefficient (Wildman–Crippen LogP) is 11.4. The van der Waals surface area contributed by atoms with E-state index in [1.165, 1.54) is 41.5 Å². The summed E-state index contributed by atoms with van der Waals surface area (Å²) < 4.78 is 122. The summed E-state index contributed by atoms with van der Waals surface area (Å²) in [5.41, 5.74) is 8.51. The Morgan fingerprint density at radius 2 is 0.550 bits per heavy atom. The zero-order chi connectivity index (χ0) is 56.8. The van der Waals surface area contributed by atoms with E-state index >= 15 is 0 Å². The lowest BCUT2D eigenvalue weighted by molar-refractivity contribution is 0.235. The highest BCUT2D eigenvalue weighted by molar-refractivity contribution is 7.93. The molecule has 7 aliphatic rings. The van der Waals surface area contributed by atoms with Crippen molar-refractivity contribution in [2.75, 3.05) is 50.0 Å². The molecule has 0 radical (unpaired) electrons. The summed E-state index contributed by atoms with van der Waals surface area (Å²) in [4.78, 5) is 0.347. The fourth-order valence-electron chi connectivity index (χ4n) is 9.73. The normalized spacial score (nSPS) is 14.9. The summed E-state index contributed by atoms with van der Waals surface area (Å²) in [5, 5.41) is 11.1. The minimum absolute atomic E-state index is 0.0264. The van der Waals surface area contributed by atoms with Crippen LogP contribution >= 0.6 is 0 Å². The lowest BCUT2D eigenvalue weighted by Gasteiger charge is -2.32. The van der Waals surface area contributed by atoms with Crippen LogP contribution in [-0.4, -0.2) is 71.6 Å². The van der Waals surface area contributed by atoms with Crippen molar-refractivity contribution in [1.29, 1.82) is 0 Å². The minimum Gasteiger partial charge on any atom is -0.396 e. The van der Waals surface area contributed by atoms with Crippen LogP contribution in [0.1, 0.15) is 63.8 Å². The first-order valence-corrected chi connectivity index (χ1v) is 32.3. The maximum Gasteiger partial charge on any atom is 0.264 e. The zero-order valence-electron chi connectivity index (χ0n) is 45.3. The van der Waals surface area contributed by atoms with Gasteiger partial charge in [-0.25, -0.2) is 33.7 Å². The van der Waals surface area contributed by atoms with Gasteiger partial charge in [-0.15, -0.1) is 0 Å². The van der Waals surface area contributed by atoms with Gasteiger partial charge in [0.25, 0.3) is 40.1 Å². The third-order valence-corrected chi connectivity index (χ3v) is 21.8. The molecule has 7 heterocycles. The maximum atomic E-state index is 14.8. The van der Waals surface area contributed by atoms with Crippen molar-refractivity contribution in [1.82, 2.24) is 0 Å². The molecule has 13 nitrogen and oxygen atoms in total. The highest BCUT2D eigenvalue weighted by atomic mass is 32.2. The third-order valence-electron chi connectivity index (χ3n) is 14.5. The van der Waals surface area contributed by atoms with Crippen molar-refractivity contribution in [2.24, 2.45) is 5.92 Å². The Labute approximate surface area is 472 Å². The molecule has 0 aliphatic carbocycles. The van der Waals surface area contributed by atoms with Crippen LogP contribution in [0.2, 0.25) is 0 Å². The smallest absolute Gasteiger partial charge is 0.264 e. The first kappa shape index (κ1) is 57.4. The van der Waals surface area contributed by atoms with Crippen LogP contribution in [-0.2, 0) is 52.9 Å². The Morgan fingerprint density at radius 3 is 0.787 bits per heavy atom. The van der Waals surface area contributed by atoms with Crippen molar-refractivity contribution >= 4 is 62.8 Å². The topological polar surface area (TPSA) is 170 Å². The number of anilines is 4. The van der Waals surface area contributed by atoms with E-state index in [1.807, 2.05) is 76.2 Å². The van der Waals surface area contributed by atoms with E-state index in [0.717, 1.165) is 44.5 Å². The number of aryl methyl sites for hydroxylation is 4. The Hall–Kier alpha value is -7.28. The molecular weight excluding hydrogens is 1080 g/mol. The first-order valence-electron chi connectivity index (χ1n) is 26.6. The fourth-order valence-corrected chi connectivity index (χ4v) is 15.8. The second-order valence-corrected chi connectivity index (χ2v) is 28.1. The quantitative estimate of drug-likeness (QED) is 0.148. The van der Waals surface area contributed by atoms with Crippen LogP contribution in [0.15, 0.2) is 214 Å². The number of aliphatic hydroxyl groups is 1. The zero-order valence-corrected chi connectivity index (χ0v) is 48.5. The largest absolute Gasteiger partial charge is 0.396 e. The Bertz CT molecular complexity index is 3610. The maximum absolute atomic E-state index is 14.8. The average molecular weight is 1150 g/mol. The van der Waals surface area contributed by atoms with Gasteiger partial charge in [-0.05, 0) is 179 Å². The third kappa shape index (κ3) is 13.0. The second kappa shape index (κ2) is 24.2. The monoisotopic (exact) mass is 1150 g/mol. The molecule has 8 aromatic rings. The number of benzene rings is 8. The van der Waals surface area contributed by atoms with E-state index in [2.05, 4.69) is 0 Å². The molecule has 15 rings (SSSR count). The van der Waals surface area contributed by atoms with Crippen LogP contribution in [0.4, 0.5) is 22.7 Å². The first-order chi connectivity index (χ1) is 38.2. The van der Waals surface area contributed by atoms with Gasteiger partial charge in [0.2, 0.25) is 0 Å². The molecule has 416 valence electrons. The van der Waals surface area contributed by atoms with Gasteiger partial charge in [0, 0.05) is 38.7 Å². The van der Waals surface area contributed by atoms with Gasteiger partial charge in [-0.2, -0.15) is 0 Å². The molecule has 7 aliphatic heterocycles. The molecule has 0 atom stereocenters. The molecule has 0 aromatic heterocycles. The van der Waals surface area contributed by atoms with Crippen molar-refractivity contribution < 1.29 is 38.8 Å². The Balaban J connectivity index is 1.11. The minimum atomic E-state index is -4.29. The number of hydrogen-bond donors (Lipinski definition) is 1. The highest BCUT2D eigenvalue weighted by Crippen LogP contribution is 2.33. The van der Waals surface area contributed by atoms with Crippen LogP contribution in [0.25, 0.3) is 0 Å². The van der Waals surface area contributed by atoms with E-state index in [4.69, 9.17) is 0 Å². The SMILES string of the molecule is Cc1ccc(S(=O)(=O)N2CCCCCN(S(=O)(=O)c3ccc(C)cc3)c3ccc(cc3)Cc3ccc(cc3)N(S(=O)(=O)c3ccc(C)cc3)CC(CO)CN(S(=O)(=O)c3ccc(C)cc3)c3ccc(cc3)Cc3ccc2cc3)cc1. The van der Waals surface area contributed by atoms with Crippen LogP contribution in [0.5, 0.6) is 0 Å². The number of rotatable bonds is 9. The van der Waals surface area contributed by atoms with Gasteiger partial charge in [0.1, 0.15) is 0 Å². The standard InChI is InChI=1S/C63H66N4O9S4/c1-47-8-32-60(33-9-47)77(69,70)64-40-6-5-7-41-65(78(71,72)61-34-10-48(2)11-35-61)57-26-18-52(19-27-57)43-54-22-30-59(31-23-54)67(80(75,76)63-38-14-50(4)15-39-63)45-55(46-68)44-66(79(73,74)62-36-12-49(3)13-37-62)58-28-20-53(21-29-58)42-51-16-24-56(64)25-17-51/h8-39,55,68H,5-7,40-46H2,1-4H3. The number of aliphatic hydroxyl groups excluding tert-OH is 1. The predicted molar refractivity (Wildman–Crippen MR) is 319 cm³/mol. The molecule has 17 heteroatoms. The average Bonchev–Trinajstić information content (AvgIpc) is 3.55. The summed E-state index contributed by atoms with van der Waals surface area (Å²) >= 11 is 0. The Morgan fingerprint density at radius 1 is 0.325 bits per heavy atom. The van der Waals surface area contributed by atoms with Crippen molar-refractivity contribution in [3.05, 3.63) is 239 Å². The van der Waals surface area contributed by atoms with Gasteiger partial charge in [-0.3, -0.25) is 17.2 Å². The molecule has 0 saturated heterocycles. The van der Waals surface area contributed by atoms with Gasteiger partial charge in [0.05, 0.1) is 42.3 Å². The number of sulfonamides is 4. The van der Waals surface area contributed by atoms with Gasteiger partial charge in [-0.1, -0.05) is 119 Å². The van der Waals surface area contributed by atoms with E-state index in [0.29, 0.717) is 54.9 Å². The molecule has 0 fully saturated rings. The molecule has 80 heavy (non-hydrogen) atoms. The van der Waals surface area contributed by atoms with Gasteiger partial charge >= 0.3 is 0 Å².